The molecule has 3 rings (SSSR count). The molecular formula is C18H28N2. The number of hydrogen-bond acceptors (Lipinski definition) is 2. The predicted molar refractivity (Wildman–Crippen MR) is 84.8 cm³/mol. The number of piperidine rings is 1. The third-order valence-corrected chi connectivity index (χ3v) is 5.60. The molecule has 2 aliphatic rings. The van der Waals surface area contributed by atoms with Crippen molar-refractivity contribution in [1.82, 2.24) is 4.90 Å². The number of aryl methyl sites for hydroxylation is 1. The van der Waals surface area contributed by atoms with Gasteiger partial charge in [-0.2, -0.15) is 0 Å². The number of nitrogens with zero attached hydrogens (tertiary/aromatic N) is 1. The average Bonchev–Trinajstić information content (AvgIpc) is 2.49. The van der Waals surface area contributed by atoms with Gasteiger partial charge in [0.25, 0.3) is 0 Å². The second-order valence-corrected chi connectivity index (χ2v) is 7.06. The summed E-state index contributed by atoms with van der Waals surface area (Å²) in [6, 6.07) is 9.61. The van der Waals surface area contributed by atoms with E-state index in [1.807, 2.05) is 0 Å². The topological polar surface area (TPSA) is 29.3 Å². The van der Waals surface area contributed by atoms with E-state index in [0.717, 1.165) is 18.9 Å². The molecule has 0 saturated carbocycles. The van der Waals surface area contributed by atoms with Gasteiger partial charge in [-0.05, 0) is 56.1 Å². The van der Waals surface area contributed by atoms with Crippen LogP contribution >= 0.6 is 0 Å². The van der Waals surface area contributed by atoms with E-state index in [-0.39, 0.29) is 5.54 Å². The van der Waals surface area contributed by atoms with Crippen LogP contribution in [0.2, 0.25) is 0 Å². The summed E-state index contributed by atoms with van der Waals surface area (Å²) in [6.45, 7) is 6.79. The highest BCUT2D eigenvalue weighted by atomic mass is 15.2. The highest BCUT2D eigenvalue weighted by Crippen LogP contribution is 2.37. The van der Waals surface area contributed by atoms with Gasteiger partial charge in [0.1, 0.15) is 0 Å². The van der Waals surface area contributed by atoms with Crippen LogP contribution in [0.3, 0.4) is 0 Å². The van der Waals surface area contributed by atoms with E-state index >= 15 is 0 Å². The molecule has 0 amide bonds. The Morgan fingerprint density at radius 2 is 1.95 bits per heavy atom. The molecule has 1 aliphatic heterocycles. The SMILES string of the molecule is CC1CCC(C)N(C2(CN)CCc3ccccc3C2)C1. The number of benzene rings is 1. The summed E-state index contributed by atoms with van der Waals surface area (Å²) in [5.74, 6) is 0.812. The van der Waals surface area contributed by atoms with Gasteiger partial charge in [-0.1, -0.05) is 31.2 Å². The van der Waals surface area contributed by atoms with E-state index in [9.17, 15) is 0 Å². The predicted octanol–water partition coefficient (Wildman–Crippen LogP) is 2.99. The van der Waals surface area contributed by atoms with Crippen LogP contribution in [0.1, 0.15) is 44.2 Å². The number of nitrogens with two attached hydrogens (primary N) is 1. The molecule has 1 heterocycles. The molecule has 110 valence electrons. The molecule has 0 radical (unpaired) electrons. The second-order valence-electron chi connectivity index (χ2n) is 7.06. The molecule has 1 fully saturated rings. The lowest BCUT2D eigenvalue weighted by Gasteiger charge is -2.52. The third-order valence-electron chi connectivity index (χ3n) is 5.60. The van der Waals surface area contributed by atoms with Crippen molar-refractivity contribution in [2.75, 3.05) is 13.1 Å². The average molecular weight is 272 g/mol. The summed E-state index contributed by atoms with van der Waals surface area (Å²) in [6.07, 6.45) is 6.23. The lowest BCUT2D eigenvalue weighted by Crippen LogP contribution is -2.62. The van der Waals surface area contributed by atoms with Crippen molar-refractivity contribution in [3.63, 3.8) is 0 Å². The maximum Gasteiger partial charge on any atom is 0.0378 e. The highest BCUT2D eigenvalue weighted by Gasteiger charge is 2.42. The normalized spacial score (nSPS) is 34.8. The van der Waals surface area contributed by atoms with Crippen LogP contribution in [-0.2, 0) is 12.8 Å². The van der Waals surface area contributed by atoms with Crippen molar-refractivity contribution in [2.24, 2.45) is 11.7 Å². The molecule has 3 unspecified atom stereocenters. The number of fused-ring (bicyclic) bond motifs is 1. The van der Waals surface area contributed by atoms with E-state index in [2.05, 4.69) is 43.0 Å². The molecule has 1 saturated heterocycles. The Balaban J connectivity index is 1.89. The van der Waals surface area contributed by atoms with Gasteiger partial charge in [-0.3, -0.25) is 4.90 Å². The van der Waals surface area contributed by atoms with Gasteiger partial charge in [0.15, 0.2) is 0 Å². The Bertz CT molecular complexity index is 470. The van der Waals surface area contributed by atoms with Crippen molar-refractivity contribution in [1.29, 1.82) is 0 Å². The minimum atomic E-state index is 0.197. The molecule has 2 nitrogen and oxygen atoms in total. The zero-order valence-corrected chi connectivity index (χ0v) is 12.9. The second kappa shape index (κ2) is 5.50. The molecule has 1 aromatic rings. The fourth-order valence-corrected chi connectivity index (χ4v) is 4.27. The molecule has 2 N–H and O–H groups in total. The summed E-state index contributed by atoms with van der Waals surface area (Å²) in [7, 11) is 0. The fraction of sp³-hybridized carbons (Fsp3) is 0.667. The number of hydrogen-bond donors (Lipinski definition) is 1. The number of rotatable bonds is 2. The van der Waals surface area contributed by atoms with E-state index in [1.54, 1.807) is 0 Å². The van der Waals surface area contributed by atoms with Crippen molar-refractivity contribution in [3.05, 3.63) is 35.4 Å². The maximum absolute atomic E-state index is 6.29. The van der Waals surface area contributed by atoms with E-state index in [0.29, 0.717) is 6.04 Å². The minimum Gasteiger partial charge on any atom is -0.329 e. The van der Waals surface area contributed by atoms with Crippen LogP contribution < -0.4 is 5.73 Å². The summed E-state index contributed by atoms with van der Waals surface area (Å²) in [4.78, 5) is 2.75. The van der Waals surface area contributed by atoms with Gasteiger partial charge < -0.3 is 5.73 Å². The van der Waals surface area contributed by atoms with Gasteiger partial charge in [0.2, 0.25) is 0 Å². The molecule has 0 spiro atoms. The summed E-state index contributed by atoms with van der Waals surface area (Å²) >= 11 is 0. The van der Waals surface area contributed by atoms with Crippen molar-refractivity contribution in [3.8, 4) is 0 Å². The first-order valence-electron chi connectivity index (χ1n) is 8.18. The van der Waals surface area contributed by atoms with Crippen LogP contribution in [0.15, 0.2) is 24.3 Å². The molecule has 1 aliphatic carbocycles. The molecule has 1 aromatic carbocycles. The van der Waals surface area contributed by atoms with Crippen molar-refractivity contribution < 1.29 is 0 Å². The standard InChI is InChI=1S/C18H28N2/c1-14-7-8-15(2)20(12-14)18(13-19)10-9-16-5-3-4-6-17(16)11-18/h3-6,14-15H,7-13,19H2,1-2H3. The van der Waals surface area contributed by atoms with E-state index in [4.69, 9.17) is 5.73 Å². The Hall–Kier alpha value is -0.860. The lowest BCUT2D eigenvalue weighted by atomic mass is 9.74. The van der Waals surface area contributed by atoms with Crippen LogP contribution in [-0.4, -0.2) is 29.6 Å². The molecule has 2 heteroatoms. The zero-order valence-electron chi connectivity index (χ0n) is 12.9. The number of likely N-dealkylation sites (tertiary alicyclic amines) is 1. The van der Waals surface area contributed by atoms with Gasteiger partial charge in [0, 0.05) is 24.7 Å². The van der Waals surface area contributed by atoms with Crippen molar-refractivity contribution in [2.45, 2.75) is 57.5 Å². The first kappa shape index (κ1) is 14.1. The Morgan fingerprint density at radius 1 is 1.20 bits per heavy atom. The maximum atomic E-state index is 6.29. The van der Waals surface area contributed by atoms with Gasteiger partial charge in [0.05, 0.1) is 0 Å². The quantitative estimate of drug-likeness (QED) is 0.897. The highest BCUT2D eigenvalue weighted by molar-refractivity contribution is 5.32. The van der Waals surface area contributed by atoms with Crippen LogP contribution in [0.4, 0.5) is 0 Å². The van der Waals surface area contributed by atoms with Gasteiger partial charge in [-0.15, -0.1) is 0 Å². The third kappa shape index (κ3) is 2.40. The summed E-state index contributed by atoms with van der Waals surface area (Å²) in [5, 5.41) is 0. The zero-order chi connectivity index (χ0) is 14.2. The monoisotopic (exact) mass is 272 g/mol. The van der Waals surface area contributed by atoms with Crippen LogP contribution in [0.5, 0.6) is 0 Å². The van der Waals surface area contributed by atoms with Gasteiger partial charge in [-0.25, -0.2) is 0 Å². The Labute approximate surface area is 123 Å². The van der Waals surface area contributed by atoms with Gasteiger partial charge >= 0.3 is 0 Å². The van der Waals surface area contributed by atoms with E-state index in [1.165, 1.54) is 43.4 Å². The summed E-state index contributed by atoms with van der Waals surface area (Å²) < 4.78 is 0. The molecule has 20 heavy (non-hydrogen) atoms. The molecular weight excluding hydrogens is 244 g/mol. The largest absolute Gasteiger partial charge is 0.329 e. The molecule has 0 aromatic heterocycles. The molecule has 0 bridgehead atoms. The van der Waals surface area contributed by atoms with Crippen molar-refractivity contribution >= 4 is 0 Å². The Morgan fingerprint density at radius 3 is 2.70 bits per heavy atom. The van der Waals surface area contributed by atoms with Crippen LogP contribution in [0, 0.1) is 5.92 Å². The lowest BCUT2D eigenvalue weighted by molar-refractivity contribution is 0.00140. The van der Waals surface area contributed by atoms with E-state index < -0.39 is 0 Å². The minimum absolute atomic E-state index is 0.197. The first-order chi connectivity index (χ1) is 9.64. The summed E-state index contributed by atoms with van der Waals surface area (Å²) in [5.41, 5.74) is 9.55. The Kier molecular flexibility index (Phi) is 3.87. The first-order valence-corrected chi connectivity index (χ1v) is 8.18. The van der Waals surface area contributed by atoms with Crippen LogP contribution in [0.25, 0.3) is 0 Å². The molecule has 3 atom stereocenters. The smallest absolute Gasteiger partial charge is 0.0378 e. The fourth-order valence-electron chi connectivity index (χ4n) is 4.27.